The number of nitrogens with zero attached hydrogens (tertiary/aromatic N) is 9. The lowest BCUT2D eigenvalue weighted by atomic mass is 10.1. The average molecular weight is 1160 g/mol. The number of aromatic nitrogens is 4. The van der Waals surface area contributed by atoms with Crippen molar-refractivity contribution in [2.45, 2.75) is 58.4 Å². The molecular formula is C52H57F6N17O4S2. The fourth-order valence-electron chi connectivity index (χ4n) is 8.88. The lowest BCUT2D eigenvalue weighted by Crippen LogP contribution is -2.44. The zero-order valence-corrected chi connectivity index (χ0v) is 45.7. The topological polar surface area (TPSA) is 284 Å². The third-order valence-corrected chi connectivity index (χ3v) is 15.0. The molecule has 0 bridgehead atoms. The van der Waals surface area contributed by atoms with Gasteiger partial charge in [-0.05, 0) is 94.0 Å². The lowest BCUT2D eigenvalue weighted by Gasteiger charge is -2.34. The smallest absolute Gasteiger partial charge is 0.369 e. The van der Waals surface area contributed by atoms with Crippen LogP contribution in [0.3, 0.4) is 0 Å². The van der Waals surface area contributed by atoms with Crippen LogP contribution in [0.15, 0.2) is 73.3 Å². The van der Waals surface area contributed by atoms with Crippen LogP contribution in [0.5, 0.6) is 0 Å². The molecule has 0 radical (unpaired) electrons. The number of nitrogens with two attached hydrogens (primary N) is 2. The van der Waals surface area contributed by atoms with Gasteiger partial charge < -0.3 is 51.9 Å². The van der Waals surface area contributed by atoms with E-state index in [4.69, 9.17) is 22.5 Å². The van der Waals surface area contributed by atoms with Gasteiger partial charge in [0.05, 0.1) is 79.3 Å². The molecule has 6 aromatic rings. The number of aryl methyl sites for hydroxylation is 2. The van der Waals surface area contributed by atoms with Gasteiger partial charge in [-0.15, -0.1) is 0 Å². The van der Waals surface area contributed by atoms with Gasteiger partial charge in [0, 0.05) is 94.3 Å². The van der Waals surface area contributed by atoms with Gasteiger partial charge in [-0.1, -0.05) is 22.7 Å². The van der Waals surface area contributed by atoms with Gasteiger partial charge in [0.2, 0.25) is 11.8 Å². The first-order valence-corrected chi connectivity index (χ1v) is 26.8. The van der Waals surface area contributed by atoms with Gasteiger partial charge in [-0.25, -0.2) is 21.7 Å². The van der Waals surface area contributed by atoms with Crippen molar-refractivity contribution < 1.29 is 45.5 Å². The monoisotopic (exact) mass is 1160 g/mol. The summed E-state index contributed by atoms with van der Waals surface area (Å²) in [4.78, 5) is 76.0. The minimum atomic E-state index is -4.69. The lowest BCUT2D eigenvalue weighted by molar-refractivity contribution is -0.138. The highest BCUT2D eigenvalue weighted by molar-refractivity contribution is 7.18. The second kappa shape index (κ2) is 25.2. The average Bonchev–Trinajstić information content (AvgIpc) is 4.22. The molecule has 0 unspecified atom stereocenters. The molecule has 4 amide bonds. The van der Waals surface area contributed by atoms with Crippen molar-refractivity contribution in [2.75, 3.05) is 95.6 Å². The summed E-state index contributed by atoms with van der Waals surface area (Å²) in [7, 11) is 1.93. The Morgan fingerprint density at radius 1 is 0.654 bits per heavy atom. The number of hydrogen-bond acceptors (Lipinski definition) is 19. The van der Waals surface area contributed by atoms with Crippen LogP contribution in [-0.2, 0) is 34.9 Å². The second-order valence-electron chi connectivity index (χ2n) is 19.4. The van der Waals surface area contributed by atoms with E-state index in [1.807, 2.05) is 16.8 Å². The number of likely N-dealkylation sites (N-methyl/N-ethyl adjacent to an activating group) is 1. The number of benzene rings is 2. The van der Waals surface area contributed by atoms with Gasteiger partial charge >= 0.3 is 12.4 Å². The predicted octanol–water partition coefficient (Wildman–Crippen LogP) is 7.61. The first kappa shape index (κ1) is 59.2. The molecule has 21 nitrogen and oxygen atoms in total. The SMILES string of the molecule is CC(=O)Nc1ncc(C(=N)CN(N)c2cc(C(=O)Nc3cc(CN4CCCC4)cc(C(F)(F)F)c3)cnc2CCC(=O)Nc2ncc(C(=N)CN(N)c3cc(C(=O)Nc4cc(N5CCN(C)CC5)cc(C(F)(F)F)c4)cnc3C)s2)s1. The van der Waals surface area contributed by atoms with E-state index in [-0.39, 0.29) is 99.6 Å². The highest BCUT2D eigenvalue weighted by atomic mass is 32.1. The van der Waals surface area contributed by atoms with E-state index in [2.05, 4.69) is 46.1 Å². The molecule has 2 saturated heterocycles. The number of thiazole rings is 2. The highest BCUT2D eigenvalue weighted by Gasteiger charge is 2.34. The second-order valence-corrected chi connectivity index (χ2v) is 21.4. The number of anilines is 7. The number of pyridine rings is 2. The summed E-state index contributed by atoms with van der Waals surface area (Å²) in [5.74, 6) is 10.5. The van der Waals surface area contributed by atoms with Crippen molar-refractivity contribution in [3.05, 3.63) is 122 Å². The standard InChI is InChI=1S/C52H57F6N17O4S2/c1-29-42(16-32(22-63-29)47(78)69-37-19-35(52(56,57)58)20-38(21-37)73-12-10-71(3)11-13-73)74(61)27-39(59)45-25-66-50(81-45)70-46(77)7-6-41-43(75(62)28-40(60)44-24-65-49(80-44)67-30(2)76)17-33(23-64-41)48(79)68-36-15-31(26-72-8-4-5-9-72)14-34(18-36)51(53,54)55/h14-25,59-60H,4-13,26-28,61-62H2,1-3H3,(H,68,79)(H,69,78)(H,65,67,76)(H,66,70,77). The number of carbonyl (C=O) groups is 4. The molecule has 2 fully saturated rings. The van der Waals surface area contributed by atoms with E-state index in [0.29, 0.717) is 52.9 Å². The molecule has 0 saturated carbocycles. The van der Waals surface area contributed by atoms with Crippen LogP contribution < -0.4 is 47.9 Å². The van der Waals surface area contributed by atoms with Crippen LogP contribution in [-0.4, -0.2) is 124 Å². The summed E-state index contributed by atoms with van der Waals surface area (Å²) >= 11 is 2.00. The van der Waals surface area contributed by atoms with Crippen molar-refractivity contribution in [2.24, 2.45) is 11.7 Å². The number of hydrazine groups is 2. The third-order valence-electron chi connectivity index (χ3n) is 13.1. The zero-order chi connectivity index (χ0) is 58.3. The molecule has 0 spiro atoms. The number of carbonyl (C=O) groups excluding carboxylic acids is 4. The zero-order valence-electron chi connectivity index (χ0n) is 44.0. The maximum Gasteiger partial charge on any atom is 0.416 e. The van der Waals surface area contributed by atoms with Gasteiger partial charge in [0.15, 0.2) is 10.3 Å². The van der Waals surface area contributed by atoms with Crippen LogP contribution in [0.1, 0.15) is 84.7 Å². The number of amides is 4. The quantitative estimate of drug-likeness (QED) is 0.0158. The molecule has 6 heterocycles. The highest BCUT2D eigenvalue weighted by Crippen LogP contribution is 2.36. The molecular weight excluding hydrogens is 1100 g/mol. The number of halogens is 6. The molecule has 0 aliphatic carbocycles. The van der Waals surface area contributed by atoms with Crippen LogP contribution >= 0.6 is 22.7 Å². The Kier molecular flexibility index (Phi) is 18.4. The number of hydrogen-bond donors (Lipinski definition) is 8. The number of nitrogens with one attached hydrogen (secondary N) is 6. The molecule has 0 atom stereocenters. The normalized spacial score (nSPS) is 14.1. The van der Waals surface area contributed by atoms with Crippen LogP contribution in [0.4, 0.5) is 65.0 Å². The number of piperazine rings is 1. The number of likely N-dealkylation sites (tertiary alicyclic amines) is 1. The Labute approximate surface area is 468 Å². The summed E-state index contributed by atoms with van der Waals surface area (Å²) in [6.07, 6.45) is -2.58. The Hall–Kier alpha value is -7.96. The van der Waals surface area contributed by atoms with Gasteiger partial charge in [-0.2, -0.15) is 26.3 Å². The Bertz CT molecular complexity index is 3340. The molecule has 8 rings (SSSR count). The summed E-state index contributed by atoms with van der Waals surface area (Å²) in [5.41, 5.74) is -0.497. The van der Waals surface area contributed by atoms with Crippen molar-refractivity contribution >= 4 is 96.4 Å². The molecule has 2 aliphatic rings. The van der Waals surface area contributed by atoms with Crippen LogP contribution in [0.2, 0.25) is 0 Å². The van der Waals surface area contributed by atoms with Crippen molar-refractivity contribution in [1.29, 1.82) is 10.8 Å². The fourth-order valence-corrected chi connectivity index (χ4v) is 10.4. The maximum absolute atomic E-state index is 14.1. The minimum absolute atomic E-state index is 0.00816. The first-order valence-electron chi connectivity index (χ1n) is 25.2. The molecule has 2 aliphatic heterocycles. The number of rotatable bonds is 20. The van der Waals surface area contributed by atoms with E-state index < -0.39 is 41.2 Å². The predicted molar refractivity (Wildman–Crippen MR) is 298 cm³/mol. The Balaban J connectivity index is 0.924. The van der Waals surface area contributed by atoms with Crippen molar-refractivity contribution in [1.82, 2.24) is 29.7 Å². The Morgan fingerprint density at radius 2 is 1.19 bits per heavy atom. The summed E-state index contributed by atoms with van der Waals surface area (Å²) in [5, 5.41) is 30.6. The number of alkyl halides is 6. The van der Waals surface area contributed by atoms with Crippen LogP contribution in [0, 0.1) is 17.7 Å². The molecule has 29 heteroatoms. The summed E-state index contributed by atoms with van der Waals surface area (Å²) in [6, 6.07) is 9.57. The first-order chi connectivity index (χ1) is 38.3. The Morgan fingerprint density at radius 3 is 1.77 bits per heavy atom. The van der Waals surface area contributed by atoms with E-state index in [1.54, 1.807) is 6.92 Å². The maximum atomic E-state index is 14.1. The van der Waals surface area contributed by atoms with E-state index in [9.17, 15) is 45.5 Å². The molecule has 10 N–H and O–H groups in total. The molecule has 428 valence electrons. The molecule has 81 heavy (non-hydrogen) atoms. The van der Waals surface area contributed by atoms with E-state index in [0.717, 1.165) is 77.9 Å². The fraction of sp³-hybridized carbons (Fsp3) is 0.346. The third kappa shape index (κ3) is 15.7. The summed E-state index contributed by atoms with van der Waals surface area (Å²) < 4.78 is 84.2. The van der Waals surface area contributed by atoms with Gasteiger partial charge in [0.1, 0.15) is 0 Å². The molecule has 2 aromatic carbocycles. The van der Waals surface area contributed by atoms with Crippen molar-refractivity contribution in [3.63, 3.8) is 0 Å². The van der Waals surface area contributed by atoms with E-state index >= 15 is 0 Å². The van der Waals surface area contributed by atoms with Crippen LogP contribution in [0.25, 0.3) is 0 Å². The van der Waals surface area contributed by atoms with Gasteiger partial charge in [-0.3, -0.25) is 34.0 Å². The minimum Gasteiger partial charge on any atom is -0.369 e. The summed E-state index contributed by atoms with van der Waals surface area (Å²) in [6.45, 7) is 6.50. The van der Waals surface area contributed by atoms with Crippen molar-refractivity contribution in [3.8, 4) is 0 Å². The molecule has 4 aromatic heterocycles. The largest absolute Gasteiger partial charge is 0.416 e. The van der Waals surface area contributed by atoms with E-state index in [1.165, 1.54) is 61.0 Å². The van der Waals surface area contributed by atoms with Gasteiger partial charge in [0.25, 0.3) is 11.8 Å².